The number of hydrogen-bond acceptors (Lipinski definition) is 9. The Bertz CT molecular complexity index is 728. The quantitative estimate of drug-likeness (QED) is 0.246. The topological polar surface area (TPSA) is 147 Å². The monoisotopic (exact) mass is 548 g/mol. The fourth-order valence-corrected chi connectivity index (χ4v) is 2.53. The third-order valence-corrected chi connectivity index (χ3v) is 4.25. The molecule has 12 nitrogen and oxygen atoms in total. The van der Waals surface area contributed by atoms with E-state index in [-0.39, 0.29) is 5.92 Å². The maximum absolute atomic E-state index is 12.1. The minimum atomic E-state index is -1.06. The van der Waals surface area contributed by atoms with Crippen molar-refractivity contribution in [3.05, 3.63) is 0 Å². The second-order valence-electron chi connectivity index (χ2n) is 11.9. The number of aliphatic carboxylic acids is 1. The van der Waals surface area contributed by atoms with E-state index in [1.165, 1.54) is 0 Å². The van der Waals surface area contributed by atoms with Gasteiger partial charge in [-0.05, 0) is 88.5 Å². The summed E-state index contributed by atoms with van der Waals surface area (Å²) >= 11 is 0. The highest BCUT2D eigenvalue weighted by Gasteiger charge is 2.26. The van der Waals surface area contributed by atoms with Crippen LogP contribution in [0.4, 0.5) is 9.59 Å². The summed E-state index contributed by atoms with van der Waals surface area (Å²) in [5.41, 5.74) is -1.23. The van der Waals surface area contributed by atoms with Gasteiger partial charge in [-0.2, -0.15) is 0 Å². The summed E-state index contributed by atoms with van der Waals surface area (Å²) in [6, 6.07) is -1.62. The number of alkyl carbamates (subject to hydrolysis) is 2. The van der Waals surface area contributed by atoms with Crippen molar-refractivity contribution in [2.24, 2.45) is 5.92 Å². The fourth-order valence-electron chi connectivity index (χ4n) is 2.53. The van der Waals surface area contributed by atoms with E-state index in [4.69, 9.17) is 19.3 Å². The summed E-state index contributed by atoms with van der Waals surface area (Å²) in [5.74, 6) is -1.22. The van der Waals surface area contributed by atoms with Crippen LogP contribution in [-0.4, -0.2) is 110 Å². The van der Waals surface area contributed by atoms with Gasteiger partial charge in [-0.3, -0.25) is 0 Å². The predicted molar refractivity (Wildman–Crippen MR) is 146 cm³/mol. The van der Waals surface area contributed by atoms with Crippen LogP contribution in [0.1, 0.15) is 68.2 Å². The van der Waals surface area contributed by atoms with E-state index < -0.39 is 47.4 Å². The molecule has 12 heteroatoms. The average Bonchev–Trinajstić information content (AvgIpc) is 2.69. The molecular formula is C26H52N4O8. The van der Waals surface area contributed by atoms with Gasteiger partial charge >= 0.3 is 24.1 Å². The van der Waals surface area contributed by atoms with Gasteiger partial charge in [0.15, 0.2) is 0 Å². The van der Waals surface area contributed by atoms with Crippen LogP contribution in [0.2, 0.25) is 0 Å². The second-order valence-corrected chi connectivity index (χ2v) is 11.9. The van der Waals surface area contributed by atoms with Gasteiger partial charge in [-0.15, -0.1) is 0 Å². The molecule has 0 aliphatic rings. The lowest BCUT2D eigenvalue weighted by molar-refractivity contribution is -0.147. The third-order valence-electron chi connectivity index (χ3n) is 4.25. The molecule has 0 fully saturated rings. The molecule has 0 heterocycles. The molecule has 0 rings (SSSR count). The molecule has 2 atom stereocenters. The SMILES string of the molecule is CC(C)COC(=O)[C@H](CCN(C)C)NC(=O)OC(C)(C)C.CN(C)CC[C@H](NC(=O)OC(C)(C)C)C(=O)O. The molecule has 0 aliphatic heterocycles. The molecule has 0 unspecified atom stereocenters. The largest absolute Gasteiger partial charge is 0.480 e. The standard InChI is InChI=1S/C15H30N2O4.C11H22N2O4/c1-11(2)10-20-13(18)12(8-9-17(6)7)16-14(19)21-15(3,4)5;1-11(2,3)17-10(16)12-8(9(14)15)6-7-13(4)5/h11-12H,8-10H2,1-7H3,(H,16,19);8H,6-7H2,1-5H3,(H,12,16)(H,14,15)/t12-;8-/m00/s1. The van der Waals surface area contributed by atoms with Gasteiger partial charge in [0.05, 0.1) is 6.61 Å². The molecule has 0 aromatic carbocycles. The Morgan fingerprint density at radius 3 is 1.42 bits per heavy atom. The first kappa shape index (κ1) is 37.6. The van der Waals surface area contributed by atoms with Crippen molar-refractivity contribution in [3.8, 4) is 0 Å². The summed E-state index contributed by atoms with van der Waals surface area (Å²) in [5, 5.41) is 13.9. The zero-order chi connectivity index (χ0) is 30.3. The van der Waals surface area contributed by atoms with Crippen molar-refractivity contribution >= 4 is 24.1 Å². The van der Waals surface area contributed by atoms with Crippen molar-refractivity contribution in [3.63, 3.8) is 0 Å². The highest BCUT2D eigenvalue weighted by Crippen LogP contribution is 2.09. The lowest BCUT2D eigenvalue weighted by atomic mass is 10.2. The Balaban J connectivity index is 0. The minimum Gasteiger partial charge on any atom is -0.480 e. The highest BCUT2D eigenvalue weighted by atomic mass is 16.6. The van der Waals surface area contributed by atoms with E-state index in [2.05, 4.69) is 10.6 Å². The van der Waals surface area contributed by atoms with Crippen LogP contribution in [-0.2, 0) is 23.8 Å². The van der Waals surface area contributed by atoms with Gasteiger partial charge in [0.25, 0.3) is 0 Å². The number of carboxylic acids is 1. The molecule has 0 saturated heterocycles. The Hall–Kier alpha value is -2.60. The number of carbonyl (C=O) groups excluding carboxylic acids is 3. The summed E-state index contributed by atoms with van der Waals surface area (Å²) in [6.45, 7) is 16.0. The number of carboxylic acid groups (broad SMARTS) is 1. The van der Waals surface area contributed by atoms with Crippen molar-refractivity contribution in [2.75, 3.05) is 47.9 Å². The number of hydrogen-bond donors (Lipinski definition) is 3. The van der Waals surface area contributed by atoms with Crippen molar-refractivity contribution in [2.45, 2.75) is 91.5 Å². The third kappa shape index (κ3) is 23.8. The van der Waals surface area contributed by atoms with E-state index in [0.717, 1.165) is 0 Å². The number of rotatable bonds is 12. The van der Waals surface area contributed by atoms with Gasteiger partial charge in [0.1, 0.15) is 23.3 Å². The Morgan fingerprint density at radius 1 is 0.737 bits per heavy atom. The normalized spacial score (nSPS) is 13.2. The van der Waals surface area contributed by atoms with Crippen LogP contribution in [0, 0.1) is 5.92 Å². The molecule has 0 bridgehead atoms. The molecule has 0 radical (unpaired) electrons. The Labute approximate surface area is 228 Å². The zero-order valence-electron chi connectivity index (χ0n) is 25.5. The first-order chi connectivity index (χ1) is 17.1. The first-order valence-corrected chi connectivity index (χ1v) is 12.8. The first-order valence-electron chi connectivity index (χ1n) is 12.8. The molecular weight excluding hydrogens is 496 g/mol. The maximum atomic E-state index is 12.1. The molecule has 3 N–H and O–H groups in total. The van der Waals surface area contributed by atoms with Crippen LogP contribution < -0.4 is 10.6 Å². The maximum Gasteiger partial charge on any atom is 0.408 e. The van der Waals surface area contributed by atoms with Gasteiger partial charge in [-0.1, -0.05) is 13.8 Å². The van der Waals surface area contributed by atoms with Gasteiger partial charge < -0.3 is 39.8 Å². The number of esters is 1. The van der Waals surface area contributed by atoms with Crippen LogP contribution in [0.15, 0.2) is 0 Å². The lowest BCUT2D eigenvalue weighted by Gasteiger charge is -2.24. The van der Waals surface area contributed by atoms with Crippen molar-refractivity contribution in [1.82, 2.24) is 20.4 Å². The van der Waals surface area contributed by atoms with Crippen LogP contribution >= 0.6 is 0 Å². The number of ether oxygens (including phenoxy) is 3. The van der Waals surface area contributed by atoms with Gasteiger partial charge in [-0.25, -0.2) is 19.2 Å². The molecule has 224 valence electrons. The summed E-state index contributed by atoms with van der Waals surface area (Å²) in [6.07, 6.45) is -0.499. The molecule has 0 saturated carbocycles. The number of nitrogens with zero attached hydrogens (tertiary/aromatic N) is 2. The second kappa shape index (κ2) is 17.8. The predicted octanol–water partition coefficient (Wildman–Crippen LogP) is 2.95. The fraction of sp³-hybridized carbons (Fsp3) is 0.846. The summed E-state index contributed by atoms with van der Waals surface area (Å²) in [4.78, 5) is 50.0. The highest BCUT2D eigenvalue weighted by molar-refractivity contribution is 5.81. The molecule has 0 spiro atoms. The van der Waals surface area contributed by atoms with E-state index in [1.54, 1.807) is 41.5 Å². The van der Waals surface area contributed by atoms with Crippen molar-refractivity contribution in [1.29, 1.82) is 0 Å². The van der Waals surface area contributed by atoms with E-state index in [1.807, 2.05) is 51.8 Å². The lowest BCUT2D eigenvalue weighted by Crippen LogP contribution is -2.45. The molecule has 38 heavy (non-hydrogen) atoms. The van der Waals surface area contributed by atoms with Gasteiger partial charge in [0, 0.05) is 13.1 Å². The van der Waals surface area contributed by atoms with Gasteiger partial charge in [0.2, 0.25) is 0 Å². The van der Waals surface area contributed by atoms with E-state index in [0.29, 0.717) is 32.5 Å². The molecule has 2 amide bonds. The smallest absolute Gasteiger partial charge is 0.408 e. The number of carbonyl (C=O) groups is 4. The zero-order valence-corrected chi connectivity index (χ0v) is 25.5. The van der Waals surface area contributed by atoms with Crippen molar-refractivity contribution < 1.29 is 38.5 Å². The Kier molecular flexibility index (Phi) is 17.6. The molecule has 0 aliphatic carbocycles. The van der Waals surface area contributed by atoms with Crippen LogP contribution in [0.3, 0.4) is 0 Å². The number of nitrogens with one attached hydrogen (secondary N) is 2. The van der Waals surface area contributed by atoms with E-state index >= 15 is 0 Å². The minimum absolute atomic E-state index is 0.255. The van der Waals surface area contributed by atoms with Crippen LogP contribution in [0.5, 0.6) is 0 Å². The van der Waals surface area contributed by atoms with E-state index in [9.17, 15) is 19.2 Å². The summed E-state index contributed by atoms with van der Waals surface area (Å²) < 4.78 is 15.4. The average molecular weight is 549 g/mol. The number of amides is 2. The molecule has 0 aromatic rings. The van der Waals surface area contributed by atoms with Crippen LogP contribution in [0.25, 0.3) is 0 Å². The molecule has 0 aromatic heterocycles. The Morgan fingerprint density at radius 2 is 1.11 bits per heavy atom. The summed E-state index contributed by atoms with van der Waals surface area (Å²) in [7, 11) is 7.49.